The van der Waals surface area contributed by atoms with Crippen LogP contribution in [0.4, 0.5) is 5.69 Å². The number of hydrogen-bond donors (Lipinski definition) is 2. The van der Waals surface area contributed by atoms with E-state index in [1.165, 1.54) is 5.56 Å². The van der Waals surface area contributed by atoms with Gasteiger partial charge in [-0.3, -0.25) is 0 Å². The Morgan fingerprint density at radius 1 is 1.00 bits per heavy atom. The average molecular weight is 242 g/mol. The monoisotopic (exact) mass is 242 g/mol. The van der Waals surface area contributed by atoms with E-state index in [1.807, 2.05) is 42.5 Å². The van der Waals surface area contributed by atoms with Crippen LogP contribution in [-0.2, 0) is 6.54 Å². The summed E-state index contributed by atoms with van der Waals surface area (Å²) in [5, 5.41) is 3.23. The van der Waals surface area contributed by atoms with Crippen LogP contribution in [0.3, 0.4) is 0 Å². The van der Waals surface area contributed by atoms with Crippen molar-refractivity contribution in [2.45, 2.75) is 6.54 Å². The Kier molecular flexibility index (Phi) is 3.73. The van der Waals surface area contributed by atoms with Crippen molar-refractivity contribution in [3.63, 3.8) is 0 Å². The van der Waals surface area contributed by atoms with Gasteiger partial charge in [-0.15, -0.1) is 0 Å². The quantitative estimate of drug-likeness (QED) is 0.642. The standard InChI is InChI=1S/C14H14N2S/c15-13-8-6-12(7-9-13)14(17)16-10-11-4-2-1-3-5-11/h1-9H,10,15H2,(H,16,17). The third-order valence-electron chi connectivity index (χ3n) is 2.47. The molecule has 2 rings (SSSR count). The molecular weight excluding hydrogens is 228 g/mol. The van der Waals surface area contributed by atoms with E-state index >= 15 is 0 Å². The summed E-state index contributed by atoms with van der Waals surface area (Å²) in [5.41, 5.74) is 8.58. The predicted octanol–water partition coefficient (Wildman–Crippen LogP) is 2.73. The molecule has 0 aromatic heterocycles. The largest absolute Gasteiger partial charge is 0.399 e. The third-order valence-corrected chi connectivity index (χ3v) is 2.85. The lowest BCUT2D eigenvalue weighted by Crippen LogP contribution is -2.21. The molecule has 0 atom stereocenters. The summed E-state index contributed by atoms with van der Waals surface area (Å²) >= 11 is 5.31. The van der Waals surface area contributed by atoms with Gasteiger partial charge in [0.25, 0.3) is 0 Å². The highest BCUT2D eigenvalue weighted by Gasteiger charge is 2.00. The van der Waals surface area contributed by atoms with Crippen LogP contribution < -0.4 is 11.1 Å². The summed E-state index contributed by atoms with van der Waals surface area (Å²) in [7, 11) is 0. The van der Waals surface area contributed by atoms with Gasteiger partial charge in [-0.2, -0.15) is 0 Å². The van der Waals surface area contributed by atoms with Gasteiger partial charge in [-0.25, -0.2) is 0 Å². The Morgan fingerprint density at radius 3 is 2.29 bits per heavy atom. The number of nitrogens with one attached hydrogen (secondary N) is 1. The molecule has 0 fully saturated rings. The molecule has 2 aromatic rings. The van der Waals surface area contributed by atoms with Crippen LogP contribution >= 0.6 is 12.2 Å². The maximum atomic E-state index is 5.63. The van der Waals surface area contributed by atoms with E-state index in [1.54, 1.807) is 0 Å². The molecule has 0 amide bonds. The predicted molar refractivity (Wildman–Crippen MR) is 75.8 cm³/mol. The van der Waals surface area contributed by atoms with Crippen LogP contribution in [-0.4, -0.2) is 4.99 Å². The van der Waals surface area contributed by atoms with Crippen LogP contribution in [0.15, 0.2) is 54.6 Å². The molecule has 2 aromatic carbocycles. The molecule has 0 spiro atoms. The van der Waals surface area contributed by atoms with Crippen molar-refractivity contribution in [3.05, 3.63) is 65.7 Å². The van der Waals surface area contributed by atoms with Crippen LogP contribution in [0.5, 0.6) is 0 Å². The van der Waals surface area contributed by atoms with Gasteiger partial charge in [0.2, 0.25) is 0 Å². The highest BCUT2D eigenvalue weighted by molar-refractivity contribution is 7.80. The van der Waals surface area contributed by atoms with Gasteiger partial charge in [0.1, 0.15) is 4.99 Å². The molecule has 0 saturated heterocycles. The summed E-state index contributed by atoms with van der Waals surface area (Å²) < 4.78 is 0. The zero-order valence-electron chi connectivity index (χ0n) is 9.39. The molecule has 0 aliphatic carbocycles. The van der Waals surface area contributed by atoms with Gasteiger partial charge in [-0.1, -0.05) is 42.5 Å². The van der Waals surface area contributed by atoms with E-state index < -0.39 is 0 Å². The Labute approximate surface area is 106 Å². The van der Waals surface area contributed by atoms with E-state index in [9.17, 15) is 0 Å². The van der Waals surface area contributed by atoms with Crippen molar-refractivity contribution in [2.75, 3.05) is 5.73 Å². The first-order chi connectivity index (χ1) is 8.25. The van der Waals surface area contributed by atoms with Crippen LogP contribution in [0.2, 0.25) is 0 Å². The third kappa shape index (κ3) is 3.29. The SMILES string of the molecule is Nc1ccc(C(=S)NCc2ccccc2)cc1. The van der Waals surface area contributed by atoms with E-state index in [0.717, 1.165) is 22.8 Å². The Morgan fingerprint density at radius 2 is 1.65 bits per heavy atom. The summed E-state index contributed by atoms with van der Waals surface area (Å²) in [6, 6.07) is 17.7. The molecule has 0 bridgehead atoms. The average Bonchev–Trinajstić information content (AvgIpc) is 2.38. The number of hydrogen-bond acceptors (Lipinski definition) is 2. The van der Waals surface area contributed by atoms with Crippen molar-refractivity contribution in [1.29, 1.82) is 0 Å². The molecule has 2 nitrogen and oxygen atoms in total. The van der Waals surface area contributed by atoms with Crippen molar-refractivity contribution < 1.29 is 0 Å². The molecule has 0 aliphatic heterocycles. The van der Waals surface area contributed by atoms with E-state index in [0.29, 0.717) is 0 Å². The van der Waals surface area contributed by atoms with Crippen molar-refractivity contribution in [2.24, 2.45) is 0 Å². The molecule has 0 radical (unpaired) electrons. The Hall–Kier alpha value is -1.87. The number of benzene rings is 2. The first-order valence-corrected chi connectivity index (χ1v) is 5.84. The van der Waals surface area contributed by atoms with Gasteiger partial charge in [0.15, 0.2) is 0 Å². The number of thiocarbonyl (C=S) groups is 1. The second kappa shape index (κ2) is 5.46. The van der Waals surface area contributed by atoms with Crippen molar-refractivity contribution in [3.8, 4) is 0 Å². The maximum Gasteiger partial charge on any atom is 0.106 e. The number of nitrogen functional groups attached to an aromatic ring is 1. The lowest BCUT2D eigenvalue weighted by Gasteiger charge is -2.08. The zero-order chi connectivity index (χ0) is 12.1. The van der Waals surface area contributed by atoms with Crippen LogP contribution in [0, 0.1) is 0 Å². The van der Waals surface area contributed by atoms with Gasteiger partial charge in [0.05, 0.1) is 0 Å². The highest BCUT2D eigenvalue weighted by Crippen LogP contribution is 2.06. The molecule has 0 unspecified atom stereocenters. The fourth-order valence-corrected chi connectivity index (χ4v) is 1.72. The maximum absolute atomic E-state index is 5.63. The van der Waals surface area contributed by atoms with E-state index in [-0.39, 0.29) is 0 Å². The second-order valence-electron chi connectivity index (χ2n) is 3.79. The fourth-order valence-electron chi connectivity index (χ4n) is 1.51. The number of anilines is 1. The van der Waals surface area contributed by atoms with Crippen molar-refractivity contribution in [1.82, 2.24) is 5.32 Å². The minimum Gasteiger partial charge on any atom is -0.399 e. The molecule has 0 aliphatic rings. The van der Waals surface area contributed by atoms with Gasteiger partial charge < -0.3 is 11.1 Å². The summed E-state index contributed by atoms with van der Waals surface area (Å²) in [5.74, 6) is 0. The summed E-state index contributed by atoms with van der Waals surface area (Å²) in [4.78, 5) is 0.744. The van der Waals surface area contributed by atoms with Crippen LogP contribution in [0.25, 0.3) is 0 Å². The fraction of sp³-hybridized carbons (Fsp3) is 0.0714. The zero-order valence-corrected chi connectivity index (χ0v) is 10.2. The first kappa shape index (κ1) is 11.6. The number of rotatable bonds is 3. The smallest absolute Gasteiger partial charge is 0.106 e. The van der Waals surface area contributed by atoms with E-state index in [4.69, 9.17) is 18.0 Å². The van der Waals surface area contributed by atoms with Crippen LogP contribution in [0.1, 0.15) is 11.1 Å². The molecule has 3 heteroatoms. The normalized spacial score (nSPS) is 9.88. The second-order valence-corrected chi connectivity index (χ2v) is 4.20. The molecule has 17 heavy (non-hydrogen) atoms. The lowest BCUT2D eigenvalue weighted by molar-refractivity contribution is 0.929. The summed E-state index contributed by atoms with van der Waals surface area (Å²) in [6.07, 6.45) is 0. The Bertz CT molecular complexity index is 491. The van der Waals surface area contributed by atoms with Gasteiger partial charge in [-0.05, 0) is 29.8 Å². The molecular formula is C14H14N2S. The topological polar surface area (TPSA) is 38.0 Å². The minimum absolute atomic E-state index is 0.740. The van der Waals surface area contributed by atoms with Crippen molar-refractivity contribution >= 4 is 22.9 Å². The molecule has 86 valence electrons. The van der Waals surface area contributed by atoms with E-state index in [2.05, 4.69) is 17.4 Å². The first-order valence-electron chi connectivity index (χ1n) is 5.43. The van der Waals surface area contributed by atoms with Gasteiger partial charge in [0, 0.05) is 17.8 Å². The molecule has 3 N–H and O–H groups in total. The van der Waals surface area contributed by atoms with Gasteiger partial charge >= 0.3 is 0 Å². The Balaban J connectivity index is 1.96. The summed E-state index contributed by atoms with van der Waals surface area (Å²) in [6.45, 7) is 0.740. The lowest BCUT2D eigenvalue weighted by atomic mass is 10.2. The highest BCUT2D eigenvalue weighted by atomic mass is 32.1. The number of nitrogens with two attached hydrogens (primary N) is 1. The molecule has 0 saturated carbocycles. The molecule has 0 heterocycles. The minimum atomic E-state index is 0.740.